The summed E-state index contributed by atoms with van der Waals surface area (Å²) >= 11 is 23.9. The molecule has 0 atom stereocenters. The van der Waals surface area contributed by atoms with E-state index in [9.17, 15) is 19.2 Å². The lowest BCUT2D eigenvalue weighted by atomic mass is 10.1. The summed E-state index contributed by atoms with van der Waals surface area (Å²) < 4.78 is 0. The van der Waals surface area contributed by atoms with Crippen LogP contribution in [-0.2, 0) is 0 Å². The van der Waals surface area contributed by atoms with Crippen LogP contribution < -0.4 is 27.0 Å². The highest BCUT2D eigenvalue weighted by atomic mass is 35.5. The highest BCUT2D eigenvalue weighted by molar-refractivity contribution is 6.38. The number of carbonyl (C=O) groups is 4. The fraction of sp³-hybridized carbons (Fsp3) is 0.0909. The van der Waals surface area contributed by atoms with Gasteiger partial charge in [0.15, 0.2) is 5.84 Å². The average molecular weight is 927 g/mol. The molecule has 19 heteroatoms. The number of benzene rings is 4. The molecule has 4 aromatic carbocycles. The molecular formula is C44H36Cl4N10O5. The number of nitrogens with one attached hydrogen (secondary N) is 4. The van der Waals surface area contributed by atoms with Crippen LogP contribution in [-0.4, -0.2) is 75.5 Å². The molecule has 1 aliphatic heterocycles. The second kappa shape index (κ2) is 20.7. The number of aromatic nitrogens is 2. The topological polar surface area (TPSA) is 216 Å². The average Bonchev–Trinajstić information content (AvgIpc) is 3.72. The number of rotatable bonds is 10. The number of nitrogens with two attached hydrogens (primary N) is 1. The highest BCUT2D eigenvalue weighted by Crippen LogP contribution is 2.31. The Morgan fingerprint density at radius 1 is 0.651 bits per heavy atom. The summed E-state index contributed by atoms with van der Waals surface area (Å²) in [5.41, 5.74) is 9.41. The van der Waals surface area contributed by atoms with E-state index >= 15 is 0 Å². The summed E-state index contributed by atoms with van der Waals surface area (Å²) in [5, 5.41) is 23.6. The lowest BCUT2D eigenvalue weighted by Crippen LogP contribution is -2.23. The number of amidine groups is 2. The van der Waals surface area contributed by atoms with Gasteiger partial charge in [-0.25, -0.2) is 9.97 Å². The van der Waals surface area contributed by atoms with Crippen molar-refractivity contribution in [3.63, 3.8) is 0 Å². The van der Waals surface area contributed by atoms with Crippen molar-refractivity contribution in [1.82, 2.24) is 14.9 Å². The van der Waals surface area contributed by atoms with Crippen molar-refractivity contribution in [3.8, 4) is 0 Å². The Labute approximate surface area is 381 Å². The van der Waals surface area contributed by atoms with Crippen LogP contribution in [0, 0.1) is 6.92 Å². The molecule has 0 unspecified atom stereocenters. The molecule has 0 radical (unpaired) electrons. The van der Waals surface area contributed by atoms with Crippen LogP contribution in [0.2, 0.25) is 20.1 Å². The lowest BCUT2D eigenvalue weighted by molar-refractivity contribution is 0.101. The van der Waals surface area contributed by atoms with E-state index in [-0.39, 0.29) is 50.3 Å². The van der Waals surface area contributed by atoms with Crippen LogP contribution in [0.4, 0.5) is 23.0 Å². The number of aryl methyl sites for hydroxylation is 1. The van der Waals surface area contributed by atoms with Gasteiger partial charge in [-0.15, -0.1) is 0 Å². The van der Waals surface area contributed by atoms with Crippen LogP contribution in [0.3, 0.4) is 0 Å². The number of hydrogen-bond donors (Lipinski definition) is 6. The van der Waals surface area contributed by atoms with Crippen LogP contribution in [0.25, 0.3) is 0 Å². The Hall–Kier alpha value is -7.04. The Balaban J connectivity index is 0.000000210. The molecule has 2 aromatic heterocycles. The van der Waals surface area contributed by atoms with Crippen molar-refractivity contribution >= 4 is 105 Å². The molecule has 320 valence electrons. The first-order chi connectivity index (χ1) is 30.2. The number of halogens is 4. The summed E-state index contributed by atoms with van der Waals surface area (Å²) in [6.07, 6.45) is 2.83. The third-order valence-electron chi connectivity index (χ3n) is 9.16. The molecule has 1 aliphatic rings. The molecule has 4 amide bonds. The van der Waals surface area contributed by atoms with Crippen LogP contribution in [0.15, 0.2) is 126 Å². The smallest absolute Gasteiger partial charge is 0.259 e. The van der Waals surface area contributed by atoms with Crippen molar-refractivity contribution in [2.75, 3.05) is 41.4 Å². The zero-order valence-electron chi connectivity index (χ0n) is 33.3. The van der Waals surface area contributed by atoms with Gasteiger partial charge in [0.25, 0.3) is 23.6 Å². The molecule has 0 bridgehead atoms. The van der Waals surface area contributed by atoms with Crippen molar-refractivity contribution < 1.29 is 24.4 Å². The van der Waals surface area contributed by atoms with E-state index < -0.39 is 11.8 Å². The molecule has 0 fully saturated rings. The number of nitrogens with zero attached hydrogens (tertiary/aromatic N) is 5. The van der Waals surface area contributed by atoms with Gasteiger partial charge < -0.3 is 37.1 Å². The van der Waals surface area contributed by atoms with Crippen LogP contribution in [0.5, 0.6) is 0 Å². The largest absolute Gasteiger partial charge is 0.409 e. The van der Waals surface area contributed by atoms with E-state index in [0.29, 0.717) is 38.2 Å². The highest BCUT2D eigenvalue weighted by Gasteiger charge is 2.21. The molecule has 6 aromatic rings. The molecule has 0 aliphatic carbocycles. The van der Waals surface area contributed by atoms with E-state index in [1.54, 1.807) is 42.5 Å². The van der Waals surface area contributed by atoms with Crippen molar-refractivity contribution in [3.05, 3.63) is 175 Å². The number of hydrogen-bond acceptors (Lipinski definition) is 10. The first kappa shape index (κ1) is 45.5. The minimum Gasteiger partial charge on any atom is -0.409 e. The molecule has 15 nitrogen and oxygen atoms in total. The molecule has 0 spiro atoms. The SMILES string of the molecule is Cc1ccc(NC(=O)c2ccc(C3=NCCN3C)cc2)c(C(=O)Nc2ccc(Cl)cn2)c1.NC(=NO)c1ccc(C(=O)Nc2c(Cl)cc(Cl)cc2C(=O)Nc2ccc(Cl)cn2)cc1. The summed E-state index contributed by atoms with van der Waals surface area (Å²) in [6, 6.07) is 27.6. The van der Waals surface area contributed by atoms with Crippen LogP contribution in [0.1, 0.15) is 58.1 Å². The molecule has 0 saturated carbocycles. The summed E-state index contributed by atoms with van der Waals surface area (Å²) in [5.74, 6) is -0.356. The van der Waals surface area contributed by atoms with Crippen molar-refractivity contribution in [1.29, 1.82) is 0 Å². The predicted molar refractivity (Wildman–Crippen MR) is 247 cm³/mol. The van der Waals surface area contributed by atoms with Gasteiger partial charge in [0.05, 0.1) is 44.1 Å². The molecule has 7 N–H and O–H groups in total. The maximum absolute atomic E-state index is 12.9. The first-order valence-corrected chi connectivity index (χ1v) is 20.2. The van der Waals surface area contributed by atoms with Crippen molar-refractivity contribution in [2.45, 2.75) is 6.92 Å². The van der Waals surface area contributed by atoms with Crippen LogP contribution >= 0.6 is 46.4 Å². The Kier molecular flexibility index (Phi) is 14.9. The molecular weight excluding hydrogens is 890 g/mol. The van der Waals surface area contributed by atoms with Crippen molar-refractivity contribution in [2.24, 2.45) is 15.9 Å². The maximum Gasteiger partial charge on any atom is 0.259 e. The Bertz CT molecular complexity index is 2730. The van der Waals surface area contributed by atoms with Gasteiger partial charge in [-0.05, 0) is 79.7 Å². The van der Waals surface area contributed by atoms with Gasteiger partial charge in [-0.1, -0.05) is 87.5 Å². The number of pyridine rings is 2. The number of carbonyl (C=O) groups excluding carboxylic acids is 4. The number of oxime groups is 1. The summed E-state index contributed by atoms with van der Waals surface area (Å²) in [7, 11) is 2.00. The monoisotopic (exact) mass is 924 g/mol. The third-order valence-corrected chi connectivity index (χ3v) is 10.1. The van der Waals surface area contributed by atoms with E-state index in [1.165, 1.54) is 54.9 Å². The fourth-order valence-corrected chi connectivity index (χ4v) is 6.71. The Morgan fingerprint density at radius 2 is 1.21 bits per heavy atom. The number of likely N-dealkylation sites (N-methyl/N-ethyl adjacent to an activating group) is 1. The van der Waals surface area contributed by atoms with Gasteiger partial charge >= 0.3 is 0 Å². The summed E-state index contributed by atoms with van der Waals surface area (Å²) in [4.78, 5) is 65.9. The van der Waals surface area contributed by atoms with E-state index in [0.717, 1.165) is 30.1 Å². The van der Waals surface area contributed by atoms with Gasteiger partial charge in [-0.3, -0.25) is 24.2 Å². The quantitative estimate of drug-likeness (QED) is 0.0334. The molecule has 0 saturated heterocycles. The third kappa shape index (κ3) is 11.9. The van der Waals surface area contributed by atoms with Gasteiger partial charge in [-0.2, -0.15) is 0 Å². The van der Waals surface area contributed by atoms with E-state index in [4.69, 9.17) is 57.3 Å². The second-order valence-electron chi connectivity index (χ2n) is 13.7. The number of aliphatic imine (C=N–C) groups is 1. The zero-order valence-corrected chi connectivity index (χ0v) is 36.3. The first-order valence-electron chi connectivity index (χ1n) is 18.7. The number of anilines is 4. The Morgan fingerprint density at radius 3 is 1.75 bits per heavy atom. The van der Waals surface area contributed by atoms with Gasteiger partial charge in [0, 0.05) is 53.3 Å². The summed E-state index contributed by atoms with van der Waals surface area (Å²) in [6.45, 7) is 3.55. The molecule has 3 heterocycles. The fourth-order valence-electron chi connectivity index (χ4n) is 5.95. The maximum atomic E-state index is 12.9. The molecule has 63 heavy (non-hydrogen) atoms. The lowest BCUT2D eigenvalue weighted by Gasteiger charge is -2.14. The zero-order chi connectivity index (χ0) is 45.2. The van der Waals surface area contributed by atoms with Gasteiger partial charge in [0.1, 0.15) is 17.5 Å². The van der Waals surface area contributed by atoms with Gasteiger partial charge in [0.2, 0.25) is 0 Å². The standard InChI is InChI=1S/C24H22ClN5O2.C20H14Cl3N5O3/c1-15-3-9-20(19(13-15)24(32)29-21-10-8-18(25)14-27-21)28-23(31)17-6-4-16(5-7-17)22-26-11-12-30(22)2;21-12-5-6-16(25-9-12)26-20(30)14-7-13(22)8-15(23)17(14)27-19(29)11-3-1-10(2-4-11)18(24)28-31/h3-10,13-14H,11-12H2,1-2H3,(H,28,31)(H,27,29,32);1-9,31H,(H2,24,28)(H,27,29)(H,25,26,30). The van der Waals surface area contributed by atoms with E-state index in [1.807, 2.05) is 32.2 Å². The minimum absolute atomic E-state index is 0.0379. The number of amides is 4. The normalized spacial score (nSPS) is 12.1. The predicted octanol–water partition coefficient (Wildman–Crippen LogP) is 8.88. The second-order valence-corrected chi connectivity index (χ2v) is 15.4. The van der Waals surface area contributed by atoms with E-state index in [2.05, 4.69) is 46.3 Å². The minimum atomic E-state index is -0.586. The molecule has 7 rings (SSSR count).